The SMILES string of the molecule is C[C@H]1Oc2ccc(NC(=O)[C@@H]3CCS(=O)(=O)C3)cc2NC1=O. The Balaban J connectivity index is 1.73. The molecule has 3 rings (SSSR count). The van der Waals surface area contributed by atoms with Gasteiger partial charge in [0.25, 0.3) is 5.91 Å². The van der Waals surface area contributed by atoms with Crippen molar-refractivity contribution in [2.45, 2.75) is 19.4 Å². The van der Waals surface area contributed by atoms with E-state index in [0.717, 1.165) is 0 Å². The molecule has 1 fully saturated rings. The zero-order valence-electron chi connectivity index (χ0n) is 12.0. The largest absolute Gasteiger partial charge is 0.479 e. The molecule has 8 heteroatoms. The van der Waals surface area contributed by atoms with E-state index < -0.39 is 21.9 Å². The van der Waals surface area contributed by atoms with Gasteiger partial charge in [-0.1, -0.05) is 0 Å². The third-order valence-electron chi connectivity index (χ3n) is 3.78. The van der Waals surface area contributed by atoms with Crippen LogP contribution in [0.2, 0.25) is 0 Å². The van der Waals surface area contributed by atoms with Crippen molar-refractivity contribution < 1.29 is 22.7 Å². The van der Waals surface area contributed by atoms with Gasteiger partial charge in [0.1, 0.15) is 5.75 Å². The number of carbonyl (C=O) groups is 2. The summed E-state index contributed by atoms with van der Waals surface area (Å²) >= 11 is 0. The fourth-order valence-corrected chi connectivity index (χ4v) is 4.27. The summed E-state index contributed by atoms with van der Waals surface area (Å²) < 4.78 is 28.3. The van der Waals surface area contributed by atoms with Crippen LogP contribution < -0.4 is 15.4 Å². The molecule has 0 bridgehead atoms. The van der Waals surface area contributed by atoms with Gasteiger partial charge in [-0.2, -0.15) is 0 Å². The summed E-state index contributed by atoms with van der Waals surface area (Å²) in [5.74, 6) is -0.617. The average Bonchev–Trinajstić information content (AvgIpc) is 2.81. The Bertz CT molecular complexity index is 744. The lowest BCUT2D eigenvalue weighted by Crippen LogP contribution is -2.34. The Kier molecular flexibility index (Phi) is 3.56. The van der Waals surface area contributed by atoms with Crippen LogP contribution in [0.15, 0.2) is 18.2 Å². The molecule has 1 saturated heterocycles. The molecule has 118 valence electrons. The first-order valence-corrected chi connectivity index (χ1v) is 8.79. The maximum absolute atomic E-state index is 12.1. The zero-order chi connectivity index (χ0) is 15.9. The summed E-state index contributed by atoms with van der Waals surface area (Å²) in [6.45, 7) is 1.65. The van der Waals surface area contributed by atoms with E-state index in [0.29, 0.717) is 23.5 Å². The van der Waals surface area contributed by atoms with Crippen molar-refractivity contribution in [2.24, 2.45) is 5.92 Å². The second-order valence-corrected chi connectivity index (χ2v) is 7.78. The van der Waals surface area contributed by atoms with Crippen molar-refractivity contribution >= 4 is 33.0 Å². The second kappa shape index (κ2) is 5.28. The van der Waals surface area contributed by atoms with Gasteiger partial charge in [0.05, 0.1) is 23.1 Å². The van der Waals surface area contributed by atoms with E-state index in [4.69, 9.17) is 4.74 Å². The number of rotatable bonds is 2. The molecule has 0 saturated carbocycles. The second-order valence-electron chi connectivity index (χ2n) is 5.55. The van der Waals surface area contributed by atoms with Gasteiger partial charge in [0, 0.05) is 5.69 Å². The number of anilines is 2. The molecule has 2 aliphatic heterocycles. The summed E-state index contributed by atoms with van der Waals surface area (Å²) in [6, 6.07) is 4.91. The van der Waals surface area contributed by atoms with Gasteiger partial charge in [-0.15, -0.1) is 0 Å². The van der Waals surface area contributed by atoms with E-state index in [-0.39, 0.29) is 23.3 Å². The highest BCUT2D eigenvalue weighted by molar-refractivity contribution is 7.91. The average molecular weight is 324 g/mol. The summed E-state index contributed by atoms with van der Waals surface area (Å²) in [6.07, 6.45) is -0.215. The fourth-order valence-electron chi connectivity index (χ4n) is 2.53. The molecule has 2 N–H and O–H groups in total. The molecule has 0 aliphatic carbocycles. The van der Waals surface area contributed by atoms with Crippen molar-refractivity contribution in [1.82, 2.24) is 0 Å². The van der Waals surface area contributed by atoms with Crippen LogP contribution in [0.25, 0.3) is 0 Å². The monoisotopic (exact) mass is 324 g/mol. The number of sulfone groups is 1. The Labute approximate surface area is 128 Å². The number of hydrogen-bond donors (Lipinski definition) is 2. The van der Waals surface area contributed by atoms with E-state index in [2.05, 4.69) is 10.6 Å². The van der Waals surface area contributed by atoms with Crippen molar-refractivity contribution in [3.05, 3.63) is 18.2 Å². The molecule has 2 heterocycles. The van der Waals surface area contributed by atoms with Crippen LogP contribution in [0.5, 0.6) is 5.75 Å². The number of nitrogens with one attached hydrogen (secondary N) is 2. The van der Waals surface area contributed by atoms with Gasteiger partial charge >= 0.3 is 0 Å². The first kappa shape index (κ1) is 14.8. The van der Waals surface area contributed by atoms with E-state index in [1.165, 1.54) is 0 Å². The Hall–Kier alpha value is -2.09. The van der Waals surface area contributed by atoms with Gasteiger partial charge in [0.15, 0.2) is 15.9 Å². The van der Waals surface area contributed by atoms with Crippen LogP contribution >= 0.6 is 0 Å². The number of amides is 2. The van der Waals surface area contributed by atoms with Crippen molar-refractivity contribution in [1.29, 1.82) is 0 Å². The van der Waals surface area contributed by atoms with Crippen LogP contribution in [-0.4, -0.2) is 37.8 Å². The zero-order valence-corrected chi connectivity index (χ0v) is 12.8. The summed E-state index contributed by atoms with van der Waals surface area (Å²) in [4.78, 5) is 23.7. The Morgan fingerprint density at radius 2 is 2.18 bits per heavy atom. The molecule has 22 heavy (non-hydrogen) atoms. The van der Waals surface area contributed by atoms with Gasteiger partial charge in [0.2, 0.25) is 5.91 Å². The van der Waals surface area contributed by atoms with Crippen molar-refractivity contribution in [2.75, 3.05) is 22.1 Å². The lowest BCUT2D eigenvalue weighted by molar-refractivity contribution is -0.122. The highest BCUT2D eigenvalue weighted by Gasteiger charge is 2.33. The van der Waals surface area contributed by atoms with Gasteiger partial charge in [-0.25, -0.2) is 8.42 Å². The Morgan fingerprint density at radius 3 is 2.86 bits per heavy atom. The molecule has 1 aromatic rings. The van der Waals surface area contributed by atoms with E-state index in [1.54, 1.807) is 25.1 Å². The van der Waals surface area contributed by atoms with E-state index in [1.807, 2.05) is 0 Å². The lowest BCUT2D eigenvalue weighted by atomic mass is 10.1. The molecule has 0 spiro atoms. The molecular formula is C14H16N2O5S. The standard InChI is InChI=1S/C14H16N2O5S/c1-8-13(17)16-11-6-10(2-3-12(11)21-8)15-14(18)9-4-5-22(19,20)7-9/h2-3,6,8-9H,4-5,7H2,1H3,(H,15,18)(H,16,17)/t8-,9-/m1/s1. The van der Waals surface area contributed by atoms with Crippen LogP contribution in [0.1, 0.15) is 13.3 Å². The minimum absolute atomic E-state index is 0.0526. The highest BCUT2D eigenvalue weighted by Crippen LogP contribution is 2.32. The summed E-state index contributed by atoms with van der Waals surface area (Å²) in [5, 5.41) is 5.38. The lowest BCUT2D eigenvalue weighted by Gasteiger charge is -2.23. The summed E-state index contributed by atoms with van der Waals surface area (Å²) in [5.41, 5.74) is 0.978. The predicted molar refractivity (Wildman–Crippen MR) is 80.6 cm³/mol. The van der Waals surface area contributed by atoms with Crippen LogP contribution in [0.3, 0.4) is 0 Å². The molecule has 2 atom stereocenters. The van der Waals surface area contributed by atoms with Gasteiger partial charge in [-0.3, -0.25) is 9.59 Å². The molecule has 2 amide bonds. The maximum Gasteiger partial charge on any atom is 0.265 e. The fraction of sp³-hybridized carbons (Fsp3) is 0.429. The third-order valence-corrected chi connectivity index (χ3v) is 5.55. The van der Waals surface area contributed by atoms with Gasteiger partial charge < -0.3 is 15.4 Å². The van der Waals surface area contributed by atoms with Crippen molar-refractivity contribution in [3.8, 4) is 5.75 Å². The number of carbonyl (C=O) groups excluding carboxylic acids is 2. The molecular weight excluding hydrogens is 308 g/mol. The molecule has 0 radical (unpaired) electrons. The van der Waals surface area contributed by atoms with Crippen LogP contribution in [0, 0.1) is 5.92 Å². The van der Waals surface area contributed by atoms with E-state index in [9.17, 15) is 18.0 Å². The minimum atomic E-state index is -3.10. The number of fused-ring (bicyclic) bond motifs is 1. The number of ether oxygens (including phenoxy) is 1. The normalized spacial score (nSPS) is 25.8. The quantitative estimate of drug-likeness (QED) is 0.837. The van der Waals surface area contributed by atoms with Crippen LogP contribution in [0.4, 0.5) is 11.4 Å². The van der Waals surface area contributed by atoms with Crippen molar-refractivity contribution in [3.63, 3.8) is 0 Å². The number of benzene rings is 1. The molecule has 2 aliphatic rings. The summed E-state index contributed by atoms with van der Waals surface area (Å²) in [7, 11) is -3.10. The van der Waals surface area contributed by atoms with Crippen LogP contribution in [-0.2, 0) is 19.4 Å². The minimum Gasteiger partial charge on any atom is -0.479 e. The molecule has 0 unspecified atom stereocenters. The molecule has 1 aromatic carbocycles. The number of hydrogen-bond acceptors (Lipinski definition) is 5. The van der Waals surface area contributed by atoms with Gasteiger partial charge in [-0.05, 0) is 31.5 Å². The molecule has 0 aromatic heterocycles. The highest BCUT2D eigenvalue weighted by atomic mass is 32.2. The maximum atomic E-state index is 12.1. The third kappa shape index (κ3) is 2.92. The smallest absolute Gasteiger partial charge is 0.265 e. The van der Waals surface area contributed by atoms with E-state index >= 15 is 0 Å². The molecule has 7 nitrogen and oxygen atoms in total. The first-order valence-electron chi connectivity index (χ1n) is 6.97. The topological polar surface area (TPSA) is 102 Å². The first-order chi connectivity index (χ1) is 10.3. The Morgan fingerprint density at radius 1 is 1.41 bits per heavy atom. The predicted octanol–water partition coefficient (Wildman–Crippen LogP) is 0.779.